The molecule has 2 unspecified atom stereocenters. The van der Waals surface area contributed by atoms with E-state index in [0.717, 1.165) is 4.47 Å². The quantitative estimate of drug-likeness (QED) is 0.753. The third-order valence-electron chi connectivity index (χ3n) is 2.22. The van der Waals surface area contributed by atoms with Gasteiger partial charge in [-0.05, 0) is 38.1 Å². The number of nitrogens with one attached hydrogen (secondary N) is 1. The van der Waals surface area contributed by atoms with Gasteiger partial charge in [-0.2, -0.15) is 0 Å². The number of benzene rings is 1. The molecule has 0 amide bonds. The molecule has 0 aromatic heterocycles. The fraction of sp³-hybridized carbons (Fsp3) is 0.364. The Labute approximate surface area is 124 Å². The van der Waals surface area contributed by atoms with Gasteiger partial charge in [0.15, 0.2) is 5.78 Å². The Morgan fingerprint density at radius 2 is 1.95 bits per heavy atom. The molecular weight excluding hydrogens is 356 g/mol. The molecule has 0 fully saturated rings. The number of aliphatic hydroxyl groups excluding tert-OH is 1. The van der Waals surface area contributed by atoms with Gasteiger partial charge in [0, 0.05) is 15.7 Å². The Morgan fingerprint density at radius 3 is 2.42 bits per heavy atom. The fourth-order valence-corrected chi connectivity index (χ4v) is 3.29. The summed E-state index contributed by atoms with van der Waals surface area (Å²) in [6, 6.07) is 5.70. The molecule has 1 aromatic rings. The van der Waals surface area contributed by atoms with E-state index in [9.17, 15) is 9.36 Å². The van der Waals surface area contributed by atoms with Gasteiger partial charge in [-0.25, -0.2) is 9.65 Å². The van der Waals surface area contributed by atoms with Crippen molar-refractivity contribution in [3.8, 4) is 5.75 Å². The van der Waals surface area contributed by atoms with Crippen molar-refractivity contribution in [2.75, 3.05) is 0 Å². The third kappa shape index (κ3) is 5.63. The lowest BCUT2D eigenvalue weighted by molar-refractivity contribution is -0.127. The van der Waals surface area contributed by atoms with Gasteiger partial charge in [0.05, 0.1) is 6.04 Å². The molecule has 0 radical (unpaired) electrons. The Kier molecular flexibility index (Phi) is 6.02. The van der Waals surface area contributed by atoms with E-state index in [-0.39, 0.29) is 0 Å². The Balaban J connectivity index is 2.68. The minimum absolute atomic E-state index is 0.311. The topological polar surface area (TPSA) is 75.6 Å². The summed E-state index contributed by atoms with van der Waals surface area (Å²) in [6.45, 7) is -0.922. The van der Waals surface area contributed by atoms with Crippen molar-refractivity contribution in [3.63, 3.8) is 0 Å². The maximum absolute atomic E-state index is 12.0. The summed E-state index contributed by atoms with van der Waals surface area (Å²) < 4.78 is 17.9. The summed E-state index contributed by atoms with van der Waals surface area (Å²) in [5.41, 5.74) is 0. The second-order valence-electron chi connectivity index (χ2n) is 3.95. The van der Waals surface area contributed by atoms with Gasteiger partial charge in [0.2, 0.25) is 0 Å². The number of ketones is 1. The zero-order chi connectivity index (χ0) is 14.6. The summed E-state index contributed by atoms with van der Waals surface area (Å²) in [7, 11) is 0. The summed E-state index contributed by atoms with van der Waals surface area (Å²) in [4.78, 5) is 11.5. The van der Waals surface area contributed by atoms with Crippen LogP contribution in [0.15, 0.2) is 28.7 Å². The monoisotopic (exact) mass is 369 g/mol. The summed E-state index contributed by atoms with van der Waals surface area (Å²) in [5.74, 6) is -0.203. The predicted octanol–water partition coefficient (Wildman–Crippen LogP) is 3.10. The Bertz CT molecular complexity index is 494. The lowest BCUT2D eigenvalue weighted by atomic mass is 10.1. The van der Waals surface area contributed by atoms with E-state index in [4.69, 9.17) is 20.9 Å². The Hall–Kier alpha value is -0.390. The van der Waals surface area contributed by atoms with Gasteiger partial charge in [0.1, 0.15) is 11.9 Å². The van der Waals surface area contributed by atoms with Crippen LogP contribution in [-0.2, 0) is 9.36 Å². The summed E-state index contributed by atoms with van der Waals surface area (Å²) >= 11 is 8.99. The number of hydrogen-bond acceptors (Lipinski definition) is 4. The summed E-state index contributed by atoms with van der Waals surface area (Å²) in [6.07, 6.45) is -1.16. The number of aliphatic hydroxyl groups is 1. The average Bonchev–Trinajstić information content (AvgIpc) is 2.30. The molecule has 5 nitrogen and oxygen atoms in total. The maximum Gasteiger partial charge on any atom is 0.409 e. The molecule has 0 aliphatic rings. The van der Waals surface area contributed by atoms with Gasteiger partial charge in [-0.15, -0.1) is 0 Å². The van der Waals surface area contributed by atoms with Crippen LogP contribution >= 0.6 is 34.0 Å². The van der Waals surface area contributed by atoms with Crippen LogP contribution in [0, 0.1) is 0 Å². The Morgan fingerprint density at radius 1 is 1.42 bits per heavy atom. The smallest absolute Gasteiger partial charge is 0.409 e. The van der Waals surface area contributed by atoms with Crippen LogP contribution < -0.4 is 9.61 Å². The van der Waals surface area contributed by atoms with E-state index in [1.165, 1.54) is 13.8 Å². The molecule has 0 bridgehead atoms. The second kappa shape index (κ2) is 6.86. The van der Waals surface area contributed by atoms with Crippen molar-refractivity contribution in [2.24, 2.45) is 0 Å². The van der Waals surface area contributed by atoms with Crippen molar-refractivity contribution in [1.82, 2.24) is 5.09 Å². The van der Waals surface area contributed by atoms with Gasteiger partial charge in [-0.1, -0.05) is 15.9 Å². The van der Waals surface area contributed by atoms with E-state index in [1.807, 2.05) is 0 Å². The molecule has 0 saturated heterocycles. The van der Waals surface area contributed by atoms with Crippen LogP contribution in [0.5, 0.6) is 5.75 Å². The van der Waals surface area contributed by atoms with Crippen molar-refractivity contribution in [2.45, 2.75) is 26.0 Å². The lowest BCUT2D eigenvalue weighted by Crippen LogP contribution is -2.37. The number of hydrogen-bond donors (Lipinski definition) is 2. The minimum Gasteiger partial charge on any atom is -0.422 e. The van der Waals surface area contributed by atoms with Crippen LogP contribution in [0.3, 0.4) is 0 Å². The van der Waals surface area contributed by atoms with Crippen molar-refractivity contribution in [3.05, 3.63) is 28.7 Å². The van der Waals surface area contributed by atoms with Gasteiger partial charge < -0.3 is 9.63 Å². The predicted molar refractivity (Wildman–Crippen MR) is 77.5 cm³/mol. The molecule has 8 heteroatoms. The van der Waals surface area contributed by atoms with Gasteiger partial charge in [0.25, 0.3) is 0 Å². The standard InChI is InChI=1S/C11H14BrClNO4P/c1-7(11(16)8(2)15)14-19(13,17)18-10-5-3-9(12)4-6-10/h3-8,15H,1-2H3,(H,14,17)/t7-,8?,19?/m0/s1. The van der Waals surface area contributed by atoms with Crippen LogP contribution in [-0.4, -0.2) is 23.0 Å². The number of rotatable bonds is 6. The average molecular weight is 371 g/mol. The fourth-order valence-electron chi connectivity index (χ4n) is 1.31. The normalized spacial score (nSPS) is 17.3. The van der Waals surface area contributed by atoms with Crippen LogP contribution in [0.25, 0.3) is 0 Å². The van der Waals surface area contributed by atoms with E-state index < -0.39 is 24.8 Å². The zero-order valence-corrected chi connectivity index (χ0v) is 13.6. The first-order chi connectivity index (χ1) is 8.71. The highest BCUT2D eigenvalue weighted by Gasteiger charge is 2.28. The lowest BCUT2D eigenvalue weighted by Gasteiger charge is -2.19. The zero-order valence-electron chi connectivity index (χ0n) is 10.3. The maximum atomic E-state index is 12.0. The summed E-state index contributed by atoms with van der Waals surface area (Å²) in [5, 5.41) is 11.5. The van der Waals surface area contributed by atoms with Gasteiger partial charge in [-0.3, -0.25) is 4.79 Å². The second-order valence-corrected chi connectivity index (χ2v) is 7.60. The first kappa shape index (κ1) is 16.7. The molecule has 19 heavy (non-hydrogen) atoms. The van der Waals surface area contributed by atoms with Crippen LogP contribution in [0.1, 0.15) is 13.8 Å². The van der Waals surface area contributed by atoms with Crippen molar-refractivity contribution >= 4 is 39.8 Å². The minimum atomic E-state index is -3.70. The largest absolute Gasteiger partial charge is 0.422 e. The third-order valence-corrected chi connectivity index (χ3v) is 4.39. The van der Waals surface area contributed by atoms with Crippen LogP contribution in [0.2, 0.25) is 0 Å². The molecule has 2 N–H and O–H groups in total. The van der Waals surface area contributed by atoms with Gasteiger partial charge >= 0.3 is 6.87 Å². The first-order valence-corrected chi connectivity index (χ1v) is 8.78. The van der Waals surface area contributed by atoms with E-state index in [1.54, 1.807) is 24.3 Å². The SMILES string of the molecule is CC(O)C(=O)[C@H](C)NP(=O)(Cl)Oc1ccc(Br)cc1. The molecule has 1 rings (SSSR count). The molecule has 1 aromatic carbocycles. The highest BCUT2D eigenvalue weighted by Crippen LogP contribution is 2.48. The molecule has 0 spiro atoms. The number of Topliss-reactive ketones (excluding diaryl/α,β-unsaturated/α-hetero) is 1. The highest BCUT2D eigenvalue weighted by molar-refractivity contribution is 9.10. The molecule has 0 heterocycles. The van der Waals surface area contributed by atoms with E-state index in [2.05, 4.69) is 21.0 Å². The molecule has 0 saturated carbocycles. The van der Waals surface area contributed by atoms with E-state index >= 15 is 0 Å². The molecule has 0 aliphatic heterocycles. The van der Waals surface area contributed by atoms with Crippen molar-refractivity contribution in [1.29, 1.82) is 0 Å². The molecule has 0 aliphatic carbocycles. The van der Waals surface area contributed by atoms with Crippen molar-refractivity contribution < 1.29 is 19.0 Å². The van der Waals surface area contributed by atoms with Crippen LogP contribution in [0.4, 0.5) is 0 Å². The number of carbonyl (C=O) groups excluding carboxylic acids is 1. The highest BCUT2D eigenvalue weighted by atomic mass is 79.9. The molecule has 106 valence electrons. The molecular formula is C11H14BrClNO4P. The number of halogens is 2. The van der Waals surface area contributed by atoms with E-state index in [0.29, 0.717) is 5.75 Å². The first-order valence-electron chi connectivity index (χ1n) is 5.46. The molecule has 3 atom stereocenters. The number of carbonyl (C=O) groups is 1.